The average Bonchev–Trinajstić information content (AvgIpc) is 2.68. The standard InChI is InChI=1S/C12H19N3OS/c1-9-10(2)13-14-11(9)3-4-12(16)15-5-7-17-8-6-15/h3-8H2,1-2H3,(H,13,14). The molecule has 1 N–H and O–H groups in total. The van der Waals surface area contributed by atoms with Gasteiger partial charge in [0.05, 0.1) is 5.69 Å². The molecule has 2 heterocycles. The van der Waals surface area contributed by atoms with Gasteiger partial charge in [-0.1, -0.05) is 0 Å². The number of aromatic nitrogens is 2. The van der Waals surface area contributed by atoms with Crippen LogP contribution in [0, 0.1) is 13.8 Å². The topological polar surface area (TPSA) is 49.0 Å². The van der Waals surface area contributed by atoms with Gasteiger partial charge in [0, 0.05) is 43.1 Å². The molecule has 1 aromatic rings. The molecular weight excluding hydrogens is 234 g/mol. The number of carbonyl (C=O) groups excluding carboxylic acids is 1. The van der Waals surface area contributed by atoms with Gasteiger partial charge in [-0.25, -0.2) is 0 Å². The quantitative estimate of drug-likeness (QED) is 0.889. The lowest BCUT2D eigenvalue weighted by Crippen LogP contribution is -2.38. The maximum atomic E-state index is 12.0. The van der Waals surface area contributed by atoms with Crippen LogP contribution in [0.15, 0.2) is 0 Å². The van der Waals surface area contributed by atoms with E-state index in [2.05, 4.69) is 17.1 Å². The molecule has 0 saturated carbocycles. The molecule has 0 unspecified atom stereocenters. The maximum absolute atomic E-state index is 12.0. The van der Waals surface area contributed by atoms with E-state index in [-0.39, 0.29) is 5.91 Å². The maximum Gasteiger partial charge on any atom is 0.223 e. The van der Waals surface area contributed by atoms with Crippen LogP contribution in [0.3, 0.4) is 0 Å². The van der Waals surface area contributed by atoms with Crippen molar-refractivity contribution < 1.29 is 4.79 Å². The Bertz CT molecular complexity index is 396. The van der Waals surface area contributed by atoms with E-state index in [1.165, 1.54) is 5.56 Å². The van der Waals surface area contributed by atoms with Crippen LogP contribution in [0.5, 0.6) is 0 Å². The summed E-state index contributed by atoms with van der Waals surface area (Å²) < 4.78 is 0. The second-order valence-corrected chi connectivity index (χ2v) is 5.64. The molecule has 0 radical (unpaired) electrons. The van der Waals surface area contributed by atoms with Crippen molar-refractivity contribution >= 4 is 17.7 Å². The third kappa shape index (κ3) is 3.03. The van der Waals surface area contributed by atoms with Crippen LogP contribution in [0.25, 0.3) is 0 Å². The highest BCUT2D eigenvalue weighted by atomic mass is 32.2. The number of aromatic amines is 1. The Kier molecular flexibility index (Phi) is 4.10. The van der Waals surface area contributed by atoms with Crippen molar-refractivity contribution in [3.63, 3.8) is 0 Å². The van der Waals surface area contributed by atoms with Crippen LogP contribution < -0.4 is 0 Å². The van der Waals surface area contributed by atoms with Crippen molar-refractivity contribution in [2.45, 2.75) is 26.7 Å². The van der Waals surface area contributed by atoms with Crippen LogP contribution >= 0.6 is 11.8 Å². The fraction of sp³-hybridized carbons (Fsp3) is 0.667. The van der Waals surface area contributed by atoms with E-state index < -0.39 is 0 Å². The SMILES string of the molecule is Cc1[nH]nc(CCC(=O)N2CCSCC2)c1C. The van der Waals surface area contributed by atoms with Crippen molar-refractivity contribution in [1.29, 1.82) is 0 Å². The predicted octanol–water partition coefficient (Wildman–Crippen LogP) is 1.53. The molecule has 17 heavy (non-hydrogen) atoms. The number of carbonyl (C=O) groups is 1. The zero-order valence-electron chi connectivity index (χ0n) is 10.5. The molecule has 0 aromatic carbocycles. The minimum Gasteiger partial charge on any atom is -0.341 e. The number of rotatable bonds is 3. The van der Waals surface area contributed by atoms with E-state index in [0.717, 1.165) is 42.4 Å². The van der Waals surface area contributed by atoms with Crippen molar-refractivity contribution in [2.24, 2.45) is 0 Å². The van der Waals surface area contributed by atoms with Gasteiger partial charge in [0.2, 0.25) is 5.91 Å². The summed E-state index contributed by atoms with van der Waals surface area (Å²) in [6.45, 7) is 5.87. The molecule has 4 nitrogen and oxygen atoms in total. The van der Waals surface area contributed by atoms with Gasteiger partial charge in [-0.15, -0.1) is 0 Å². The first-order chi connectivity index (χ1) is 8.18. The highest BCUT2D eigenvalue weighted by Gasteiger charge is 2.17. The summed E-state index contributed by atoms with van der Waals surface area (Å²) in [5.74, 6) is 2.42. The first kappa shape index (κ1) is 12.5. The minimum atomic E-state index is 0.269. The normalized spacial score (nSPS) is 16.2. The van der Waals surface area contributed by atoms with Gasteiger partial charge in [-0.3, -0.25) is 9.89 Å². The van der Waals surface area contributed by atoms with Crippen molar-refractivity contribution in [3.05, 3.63) is 17.0 Å². The zero-order chi connectivity index (χ0) is 12.3. The van der Waals surface area contributed by atoms with Crippen LogP contribution in [0.2, 0.25) is 0 Å². The highest BCUT2D eigenvalue weighted by Crippen LogP contribution is 2.13. The van der Waals surface area contributed by atoms with Gasteiger partial charge < -0.3 is 4.90 Å². The summed E-state index contributed by atoms with van der Waals surface area (Å²) >= 11 is 1.93. The minimum absolute atomic E-state index is 0.269. The van der Waals surface area contributed by atoms with E-state index in [0.29, 0.717) is 6.42 Å². The molecule has 0 atom stereocenters. The third-order valence-electron chi connectivity index (χ3n) is 3.29. The number of amides is 1. The number of hydrogen-bond donors (Lipinski definition) is 1. The van der Waals surface area contributed by atoms with E-state index in [1.54, 1.807) is 0 Å². The van der Waals surface area contributed by atoms with Gasteiger partial charge in [-0.2, -0.15) is 16.9 Å². The summed E-state index contributed by atoms with van der Waals surface area (Å²) in [6.07, 6.45) is 1.33. The van der Waals surface area contributed by atoms with Crippen LogP contribution in [0.4, 0.5) is 0 Å². The van der Waals surface area contributed by atoms with Gasteiger partial charge in [0.1, 0.15) is 0 Å². The lowest BCUT2D eigenvalue weighted by atomic mass is 10.1. The molecule has 1 amide bonds. The molecule has 0 bridgehead atoms. The van der Waals surface area contributed by atoms with Gasteiger partial charge >= 0.3 is 0 Å². The molecule has 1 aromatic heterocycles. The van der Waals surface area contributed by atoms with Crippen molar-refractivity contribution in [1.82, 2.24) is 15.1 Å². The number of aryl methyl sites for hydroxylation is 2. The molecule has 1 saturated heterocycles. The van der Waals surface area contributed by atoms with Gasteiger partial charge in [0.15, 0.2) is 0 Å². The summed E-state index contributed by atoms with van der Waals surface area (Å²) in [5, 5.41) is 7.19. The second-order valence-electron chi connectivity index (χ2n) is 4.41. The molecule has 2 rings (SSSR count). The zero-order valence-corrected chi connectivity index (χ0v) is 11.3. The molecular formula is C12H19N3OS. The van der Waals surface area contributed by atoms with E-state index >= 15 is 0 Å². The Balaban J connectivity index is 1.85. The first-order valence-corrected chi connectivity index (χ1v) is 7.20. The van der Waals surface area contributed by atoms with Crippen molar-refractivity contribution in [2.75, 3.05) is 24.6 Å². The fourth-order valence-corrected chi connectivity index (χ4v) is 2.88. The largest absolute Gasteiger partial charge is 0.341 e. The van der Waals surface area contributed by atoms with Crippen LogP contribution in [-0.4, -0.2) is 45.6 Å². The Morgan fingerprint density at radius 2 is 2.12 bits per heavy atom. The first-order valence-electron chi connectivity index (χ1n) is 6.04. The molecule has 1 aliphatic heterocycles. The Morgan fingerprint density at radius 3 is 2.71 bits per heavy atom. The molecule has 5 heteroatoms. The number of hydrogen-bond acceptors (Lipinski definition) is 3. The monoisotopic (exact) mass is 253 g/mol. The molecule has 1 aliphatic rings. The van der Waals surface area contributed by atoms with E-state index in [1.807, 2.05) is 23.6 Å². The van der Waals surface area contributed by atoms with Crippen molar-refractivity contribution in [3.8, 4) is 0 Å². The van der Waals surface area contributed by atoms with E-state index in [9.17, 15) is 4.79 Å². The molecule has 94 valence electrons. The second kappa shape index (κ2) is 5.58. The van der Waals surface area contributed by atoms with Gasteiger partial charge in [-0.05, 0) is 19.4 Å². The van der Waals surface area contributed by atoms with Crippen LogP contribution in [-0.2, 0) is 11.2 Å². The smallest absolute Gasteiger partial charge is 0.223 e. The Hall–Kier alpha value is -0.970. The number of nitrogens with zero attached hydrogens (tertiary/aromatic N) is 2. The Morgan fingerprint density at radius 1 is 1.41 bits per heavy atom. The average molecular weight is 253 g/mol. The van der Waals surface area contributed by atoms with E-state index in [4.69, 9.17) is 0 Å². The van der Waals surface area contributed by atoms with Gasteiger partial charge in [0.25, 0.3) is 0 Å². The lowest BCUT2D eigenvalue weighted by molar-refractivity contribution is -0.130. The fourth-order valence-electron chi connectivity index (χ4n) is 1.98. The molecule has 0 spiro atoms. The summed E-state index contributed by atoms with van der Waals surface area (Å²) in [6, 6.07) is 0. The third-order valence-corrected chi connectivity index (χ3v) is 4.24. The summed E-state index contributed by atoms with van der Waals surface area (Å²) in [7, 11) is 0. The predicted molar refractivity (Wildman–Crippen MR) is 70.3 cm³/mol. The summed E-state index contributed by atoms with van der Waals surface area (Å²) in [5.41, 5.74) is 3.32. The number of thioether (sulfide) groups is 1. The highest BCUT2D eigenvalue weighted by molar-refractivity contribution is 7.99. The molecule has 1 fully saturated rings. The summed E-state index contributed by atoms with van der Waals surface area (Å²) in [4.78, 5) is 13.9. The Labute approximate surface area is 106 Å². The lowest BCUT2D eigenvalue weighted by Gasteiger charge is -2.26. The molecule has 0 aliphatic carbocycles. The number of H-pyrrole nitrogens is 1. The van der Waals surface area contributed by atoms with Crippen LogP contribution in [0.1, 0.15) is 23.4 Å². The number of nitrogens with one attached hydrogen (secondary N) is 1.